The van der Waals surface area contributed by atoms with Gasteiger partial charge in [-0.1, -0.05) is 56.3 Å². The van der Waals surface area contributed by atoms with Crippen molar-refractivity contribution in [2.45, 2.75) is 39.7 Å². The highest BCUT2D eigenvalue weighted by Crippen LogP contribution is 2.27. The Kier molecular flexibility index (Phi) is 6.47. The van der Waals surface area contributed by atoms with E-state index in [1.807, 2.05) is 0 Å². The molecule has 118 valence electrons. The van der Waals surface area contributed by atoms with Crippen molar-refractivity contribution < 1.29 is 10.1 Å². The quantitative estimate of drug-likeness (QED) is 0.740. The highest BCUT2D eigenvalue weighted by atomic mass is 16.5. The molecule has 2 aromatic carbocycles. The van der Waals surface area contributed by atoms with Gasteiger partial charge in [0.05, 0.1) is 13.2 Å². The molecule has 0 saturated heterocycles. The van der Waals surface area contributed by atoms with Crippen molar-refractivity contribution in [2.24, 2.45) is 0 Å². The molecule has 2 N–H and O–H groups in total. The predicted octanol–water partition coefficient (Wildman–Crippen LogP) is 3.65. The Morgan fingerprint density at radius 3 is 2.55 bits per heavy atom. The molecule has 2 rings (SSSR count). The van der Waals surface area contributed by atoms with Gasteiger partial charge in [-0.15, -0.1) is 0 Å². The van der Waals surface area contributed by atoms with Crippen LogP contribution in [0.1, 0.15) is 42.9 Å². The second kappa shape index (κ2) is 8.60. The van der Waals surface area contributed by atoms with E-state index in [0.29, 0.717) is 5.92 Å². The molecular formula is C20H28NO+. The second-order valence-corrected chi connectivity index (χ2v) is 6.17. The summed E-state index contributed by atoms with van der Waals surface area (Å²) in [7, 11) is 0. The standard InChI is InChI=1S/C20H27NO/c1-16(2)19-11-10-17(3)14-20(19)22-13-7-12-21-15-18-8-5-4-6-9-18/h4-6,8-11,14,16,21H,7,12-13,15H2,1-3H3/p+1. The van der Waals surface area contributed by atoms with E-state index in [2.05, 4.69) is 74.6 Å². The molecule has 0 amide bonds. The van der Waals surface area contributed by atoms with E-state index in [0.717, 1.165) is 31.9 Å². The van der Waals surface area contributed by atoms with Crippen molar-refractivity contribution in [1.29, 1.82) is 0 Å². The van der Waals surface area contributed by atoms with E-state index >= 15 is 0 Å². The van der Waals surface area contributed by atoms with Crippen LogP contribution in [0, 0.1) is 6.92 Å². The first-order chi connectivity index (χ1) is 10.7. The molecule has 0 spiro atoms. The second-order valence-electron chi connectivity index (χ2n) is 6.17. The van der Waals surface area contributed by atoms with Crippen molar-refractivity contribution in [2.75, 3.05) is 13.2 Å². The predicted molar refractivity (Wildman–Crippen MR) is 92.3 cm³/mol. The molecule has 2 nitrogen and oxygen atoms in total. The van der Waals surface area contributed by atoms with Gasteiger partial charge in [0, 0.05) is 12.0 Å². The zero-order valence-corrected chi connectivity index (χ0v) is 14.0. The Hall–Kier alpha value is -1.80. The molecule has 0 aliphatic heterocycles. The largest absolute Gasteiger partial charge is 0.493 e. The van der Waals surface area contributed by atoms with E-state index < -0.39 is 0 Å². The molecule has 0 saturated carbocycles. The molecule has 22 heavy (non-hydrogen) atoms. The molecule has 2 heteroatoms. The minimum Gasteiger partial charge on any atom is -0.493 e. The summed E-state index contributed by atoms with van der Waals surface area (Å²) in [6.45, 7) is 9.47. The van der Waals surface area contributed by atoms with E-state index in [1.54, 1.807) is 0 Å². The van der Waals surface area contributed by atoms with Crippen LogP contribution < -0.4 is 10.1 Å². The van der Waals surface area contributed by atoms with Crippen LogP contribution >= 0.6 is 0 Å². The van der Waals surface area contributed by atoms with Crippen LogP contribution in [0.3, 0.4) is 0 Å². The Labute approximate surface area is 134 Å². The number of quaternary nitrogens is 1. The lowest BCUT2D eigenvalue weighted by Crippen LogP contribution is -2.82. The maximum Gasteiger partial charge on any atom is 0.123 e. The number of aryl methyl sites for hydroxylation is 1. The Bertz CT molecular complexity index is 563. The van der Waals surface area contributed by atoms with E-state index in [4.69, 9.17) is 4.74 Å². The maximum atomic E-state index is 6.01. The van der Waals surface area contributed by atoms with Gasteiger partial charge in [0.2, 0.25) is 0 Å². The third-order valence-electron chi connectivity index (χ3n) is 3.82. The fourth-order valence-corrected chi connectivity index (χ4v) is 2.54. The number of hydrogen-bond acceptors (Lipinski definition) is 1. The highest BCUT2D eigenvalue weighted by molar-refractivity contribution is 5.39. The van der Waals surface area contributed by atoms with Crippen LogP contribution in [0.25, 0.3) is 0 Å². The van der Waals surface area contributed by atoms with Gasteiger partial charge in [-0.25, -0.2) is 0 Å². The zero-order chi connectivity index (χ0) is 15.8. The number of hydrogen-bond donors (Lipinski definition) is 1. The van der Waals surface area contributed by atoms with Crippen molar-refractivity contribution >= 4 is 0 Å². The smallest absolute Gasteiger partial charge is 0.123 e. The average Bonchev–Trinajstić information content (AvgIpc) is 2.51. The van der Waals surface area contributed by atoms with Crippen molar-refractivity contribution in [3.05, 3.63) is 65.2 Å². The van der Waals surface area contributed by atoms with Gasteiger partial charge < -0.3 is 10.1 Å². The average molecular weight is 298 g/mol. The fraction of sp³-hybridized carbons (Fsp3) is 0.400. The number of benzene rings is 2. The van der Waals surface area contributed by atoms with Gasteiger partial charge >= 0.3 is 0 Å². The monoisotopic (exact) mass is 298 g/mol. The Morgan fingerprint density at radius 2 is 1.82 bits per heavy atom. The van der Waals surface area contributed by atoms with Crippen LogP contribution in [0.5, 0.6) is 5.75 Å². The molecule has 0 radical (unpaired) electrons. The first-order valence-corrected chi connectivity index (χ1v) is 8.25. The number of ether oxygens (including phenoxy) is 1. The highest BCUT2D eigenvalue weighted by Gasteiger charge is 2.08. The van der Waals surface area contributed by atoms with Gasteiger partial charge in [-0.3, -0.25) is 0 Å². The molecule has 0 atom stereocenters. The zero-order valence-electron chi connectivity index (χ0n) is 14.0. The van der Waals surface area contributed by atoms with Gasteiger partial charge in [-0.05, 0) is 30.0 Å². The summed E-state index contributed by atoms with van der Waals surface area (Å²) >= 11 is 0. The Morgan fingerprint density at radius 1 is 1.05 bits per heavy atom. The van der Waals surface area contributed by atoms with Crippen LogP contribution in [-0.2, 0) is 6.54 Å². The molecule has 0 unspecified atom stereocenters. The third-order valence-corrected chi connectivity index (χ3v) is 3.82. The van der Waals surface area contributed by atoms with E-state index in [1.165, 1.54) is 16.7 Å². The van der Waals surface area contributed by atoms with Crippen molar-refractivity contribution in [3.63, 3.8) is 0 Å². The molecule has 0 bridgehead atoms. The summed E-state index contributed by atoms with van der Waals surface area (Å²) in [6, 6.07) is 17.1. The van der Waals surface area contributed by atoms with Crippen molar-refractivity contribution in [3.8, 4) is 5.75 Å². The van der Waals surface area contributed by atoms with E-state index in [-0.39, 0.29) is 0 Å². The van der Waals surface area contributed by atoms with Crippen LogP contribution in [0.2, 0.25) is 0 Å². The van der Waals surface area contributed by atoms with Gasteiger partial charge in [0.25, 0.3) is 0 Å². The summed E-state index contributed by atoms with van der Waals surface area (Å²) < 4.78 is 6.01. The molecule has 0 aromatic heterocycles. The maximum absolute atomic E-state index is 6.01. The summed E-state index contributed by atoms with van der Waals surface area (Å²) in [5, 5.41) is 2.35. The number of nitrogens with two attached hydrogens (primary N) is 1. The van der Waals surface area contributed by atoms with Crippen molar-refractivity contribution in [1.82, 2.24) is 0 Å². The van der Waals surface area contributed by atoms with Gasteiger partial charge in [0.1, 0.15) is 12.3 Å². The first kappa shape index (κ1) is 16.6. The SMILES string of the molecule is Cc1ccc(C(C)C)c(OCCC[NH2+]Cc2ccccc2)c1. The summed E-state index contributed by atoms with van der Waals surface area (Å²) in [6.07, 6.45) is 1.07. The molecule has 0 aliphatic carbocycles. The molecule has 2 aromatic rings. The topological polar surface area (TPSA) is 25.8 Å². The summed E-state index contributed by atoms with van der Waals surface area (Å²) in [4.78, 5) is 0. The fourth-order valence-electron chi connectivity index (χ4n) is 2.54. The van der Waals surface area contributed by atoms with Gasteiger partial charge in [0.15, 0.2) is 0 Å². The summed E-state index contributed by atoms with van der Waals surface area (Å²) in [5.74, 6) is 1.55. The normalized spacial score (nSPS) is 10.9. The molecule has 0 heterocycles. The van der Waals surface area contributed by atoms with E-state index in [9.17, 15) is 0 Å². The lowest BCUT2D eigenvalue weighted by Gasteiger charge is -2.14. The first-order valence-electron chi connectivity index (χ1n) is 8.25. The minimum atomic E-state index is 0.500. The van der Waals surface area contributed by atoms with Crippen LogP contribution in [0.15, 0.2) is 48.5 Å². The van der Waals surface area contributed by atoms with Gasteiger partial charge in [-0.2, -0.15) is 0 Å². The van der Waals surface area contributed by atoms with Crippen LogP contribution in [-0.4, -0.2) is 13.2 Å². The third kappa shape index (κ3) is 5.19. The number of rotatable bonds is 8. The molecule has 0 aliphatic rings. The van der Waals surface area contributed by atoms with Crippen LogP contribution in [0.4, 0.5) is 0 Å². The molecular weight excluding hydrogens is 270 g/mol. The molecule has 0 fully saturated rings. The minimum absolute atomic E-state index is 0.500. The summed E-state index contributed by atoms with van der Waals surface area (Å²) in [5.41, 5.74) is 3.94. The lowest BCUT2D eigenvalue weighted by molar-refractivity contribution is -0.671. The Balaban J connectivity index is 1.71. The lowest BCUT2D eigenvalue weighted by atomic mass is 10.0.